The first-order valence-corrected chi connectivity index (χ1v) is 16.5. The Morgan fingerprint density at radius 2 is 1.69 bits per heavy atom. The van der Waals surface area contributed by atoms with Crippen LogP contribution in [-0.4, -0.2) is 76.9 Å². The van der Waals surface area contributed by atoms with Gasteiger partial charge in [-0.05, 0) is 49.7 Å². The van der Waals surface area contributed by atoms with Crippen molar-refractivity contribution in [2.75, 3.05) is 13.7 Å². The van der Waals surface area contributed by atoms with Crippen LogP contribution in [0.1, 0.15) is 90.5 Å². The van der Waals surface area contributed by atoms with Gasteiger partial charge in [-0.1, -0.05) is 58.2 Å². The summed E-state index contributed by atoms with van der Waals surface area (Å²) in [7, 11) is 1.56. The first-order chi connectivity index (χ1) is 21.7. The molecule has 1 aromatic carbocycles. The number of carbonyl (C=O) groups excluding carboxylic acids is 5. The van der Waals surface area contributed by atoms with E-state index in [2.05, 4.69) is 16.0 Å². The van der Waals surface area contributed by atoms with Gasteiger partial charge in [0.05, 0.1) is 5.52 Å². The second-order valence-electron chi connectivity index (χ2n) is 12.4. The first-order valence-electron chi connectivity index (χ1n) is 16.5. The molecule has 0 radical (unpaired) electrons. The SMILES string of the molecule is CCC(=O)CCCCC[C@H]1NC(=O)[C@H]2CCCCN2C(=O)[C@H]([C@@H](C)CC)NC(=O)[C@@H](Cc2cn(OC)c3ccccc23)NC1=O. The van der Waals surface area contributed by atoms with Gasteiger partial charge in [-0.3, -0.25) is 24.0 Å². The molecular formula is C34H49N5O6. The van der Waals surface area contributed by atoms with Crippen LogP contribution >= 0.6 is 0 Å². The number of unbranched alkanes of at least 4 members (excludes halogenated alkanes) is 2. The summed E-state index contributed by atoms with van der Waals surface area (Å²) in [6.07, 6.45) is 8.07. The predicted octanol–water partition coefficient (Wildman–Crippen LogP) is 3.07. The van der Waals surface area contributed by atoms with E-state index in [9.17, 15) is 24.0 Å². The van der Waals surface area contributed by atoms with Gasteiger partial charge in [0, 0.05) is 37.4 Å². The maximum atomic E-state index is 14.0. The third kappa shape index (κ3) is 8.23. The van der Waals surface area contributed by atoms with E-state index in [1.54, 1.807) is 22.9 Å². The minimum absolute atomic E-state index is 0.155. The second-order valence-corrected chi connectivity index (χ2v) is 12.4. The van der Waals surface area contributed by atoms with Gasteiger partial charge < -0.3 is 25.7 Å². The number of benzene rings is 1. The van der Waals surface area contributed by atoms with Gasteiger partial charge in [-0.25, -0.2) is 0 Å². The highest BCUT2D eigenvalue weighted by Crippen LogP contribution is 2.24. The summed E-state index contributed by atoms with van der Waals surface area (Å²) >= 11 is 0. The summed E-state index contributed by atoms with van der Waals surface area (Å²) in [4.78, 5) is 74.5. The van der Waals surface area contributed by atoms with Crippen LogP contribution in [0.3, 0.4) is 0 Å². The lowest BCUT2D eigenvalue weighted by molar-refractivity contribution is -0.147. The van der Waals surface area contributed by atoms with E-state index < -0.39 is 36.0 Å². The molecule has 0 spiro atoms. The highest BCUT2D eigenvalue weighted by Gasteiger charge is 2.40. The molecule has 2 aliphatic heterocycles. The molecule has 11 heteroatoms. The highest BCUT2D eigenvalue weighted by atomic mass is 16.6. The van der Waals surface area contributed by atoms with E-state index in [-0.39, 0.29) is 29.9 Å². The molecule has 3 heterocycles. The van der Waals surface area contributed by atoms with Gasteiger partial charge in [0.15, 0.2) is 0 Å². The fourth-order valence-corrected chi connectivity index (χ4v) is 6.38. The highest BCUT2D eigenvalue weighted by molar-refractivity contribution is 5.98. The average Bonchev–Trinajstić information content (AvgIpc) is 3.41. The molecule has 246 valence electrons. The van der Waals surface area contributed by atoms with Crippen molar-refractivity contribution in [2.24, 2.45) is 5.92 Å². The standard InChI is InChI=1S/C34H49N5O6/c1-5-22(3)30-34(44)38-19-13-12-18-29(38)33(43)35-26(16-9-7-8-14-24(40)6-2)31(41)36-27(32(42)37-30)20-23-21-39(45-4)28-17-11-10-15-25(23)28/h10-11,15,17,21-22,26-27,29-30H,5-9,12-14,16,18-20H2,1-4H3,(H,35,43)(H,36,41)(H,37,42)/t22-,26+,27+,29+,30-/m0/s1. The summed E-state index contributed by atoms with van der Waals surface area (Å²) in [5.74, 6) is -1.50. The van der Waals surface area contributed by atoms with Gasteiger partial charge in [0.2, 0.25) is 23.6 Å². The third-order valence-corrected chi connectivity index (χ3v) is 9.36. The van der Waals surface area contributed by atoms with E-state index in [4.69, 9.17) is 4.84 Å². The Morgan fingerprint density at radius 3 is 2.42 bits per heavy atom. The lowest BCUT2D eigenvalue weighted by Crippen LogP contribution is -2.64. The Hall–Kier alpha value is -3.89. The molecule has 4 amide bonds. The molecule has 2 aromatic rings. The molecule has 0 unspecified atom stereocenters. The van der Waals surface area contributed by atoms with E-state index in [1.807, 2.05) is 45.0 Å². The summed E-state index contributed by atoms with van der Waals surface area (Å²) in [5.41, 5.74) is 1.62. The maximum absolute atomic E-state index is 14.0. The average molecular weight is 624 g/mol. The normalized spacial score (nSPS) is 23.7. The molecule has 1 aromatic heterocycles. The minimum Gasteiger partial charge on any atom is -0.417 e. The molecule has 0 aliphatic carbocycles. The number of amides is 4. The zero-order valence-electron chi connectivity index (χ0n) is 27.1. The Labute approximate surface area is 265 Å². The number of nitrogens with zero attached hydrogens (tertiary/aromatic N) is 2. The fraction of sp³-hybridized carbons (Fsp3) is 0.618. The molecular weight excluding hydrogens is 574 g/mol. The largest absolute Gasteiger partial charge is 0.417 e. The summed E-state index contributed by atoms with van der Waals surface area (Å²) in [6.45, 7) is 6.14. The molecule has 2 fully saturated rings. The molecule has 11 nitrogen and oxygen atoms in total. The third-order valence-electron chi connectivity index (χ3n) is 9.36. The zero-order chi connectivity index (χ0) is 32.5. The van der Waals surface area contributed by atoms with Crippen LogP contribution in [-0.2, 0) is 30.4 Å². The molecule has 3 N–H and O–H groups in total. The number of rotatable bonds is 12. The van der Waals surface area contributed by atoms with Crippen LogP contribution < -0.4 is 20.8 Å². The molecule has 4 rings (SSSR count). The Balaban J connectivity index is 1.66. The molecule has 0 bridgehead atoms. The Bertz CT molecular complexity index is 1370. The van der Waals surface area contributed by atoms with Gasteiger partial charge in [0.25, 0.3) is 0 Å². The minimum atomic E-state index is -1.01. The van der Waals surface area contributed by atoms with Crippen molar-refractivity contribution in [1.82, 2.24) is 25.6 Å². The summed E-state index contributed by atoms with van der Waals surface area (Å²) < 4.78 is 1.62. The Kier molecular flexibility index (Phi) is 12.0. The summed E-state index contributed by atoms with van der Waals surface area (Å²) in [5, 5.41) is 9.75. The molecule has 2 aliphatic rings. The fourth-order valence-electron chi connectivity index (χ4n) is 6.38. The number of Topliss-reactive ketones (excluding diaryl/α,β-unsaturated/α-hetero) is 1. The lowest BCUT2D eigenvalue weighted by atomic mass is 9.93. The van der Waals surface area contributed by atoms with Crippen molar-refractivity contribution >= 4 is 40.3 Å². The van der Waals surface area contributed by atoms with Crippen molar-refractivity contribution < 1.29 is 28.8 Å². The van der Waals surface area contributed by atoms with E-state index >= 15 is 0 Å². The van der Waals surface area contributed by atoms with Crippen LogP contribution in [0.15, 0.2) is 30.5 Å². The topological polar surface area (TPSA) is 139 Å². The smallest absolute Gasteiger partial charge is 0.246 e. The predicted molar refractivity (Wildman–Crippen MR) is 171 cm³/mol. The zero-order valence-corrected chi connectivity index (χ0v) is 27.1. The first kappa shape index (κ1) is 34.0. The van der Waals surface area contributed by atoms with Gasteiger partial charge in [-0.15, -0.1) is 0 Å². The van der Waals surface area contributed by atoms with Crippen molar-refractivity contribution in [1.29, 1.82) is 0 Å². The number of carbonyl (C=O) groups is 5. The van der Waals surface area contributed by atoms with E-state index in [0.29, 0.717) is 51.5 Å². The molecule has 0 saturated carbocycles. The quantitative estimate of drug-likeness (QED) is 0.311. The monoisotopic (exact) mass is 623 g/mol. The van der Waals surface area contributed by atoms with Crippen molar-refractivity contribution in [3.63, 3.8) is 0 Å². The Morgan fingerprint density at radius 1 is 0.956 bits per heavy atom. The molecule has 5 atom stereocenters. The second kappa shape index (κ2) is 15.9. The number of para-hydroxylation sites is 1. The maximum Gasteiger partial charge on any atom is 0.246 e. The van der Waals surface area contributed by atoms with Crippen LogP contribution in [0, 0.1) is 5.92 Å². The number of nitrogens with one attached hydrogen (secondary N) is 3. The van der Waals surface area contributed by atoms with E-state index in [0.717, 1.165) is 35.7 Å². The van der Waals surface area contributed by atoms with Crippen molar-refractivity contribution in [3.8, 4) is 0 Å². The van der Waals surface area contributed by atoms with Gasteiger partial charge in [0.1, 0.15) is 37.1 Å². The van der Waals surface area contributed by atoms with Crippen molar-refractivity contribution in [2.45, 2.75) is 116 Å². The van der Waals surface area contributed by atoms with Gasteiger partial charge in [-0.2, -0.15) is 4.73 Å². The number of aromatic nitrogens is 1. The number of fused-ring (bicyclic) bond motifs is 2. The van der Waals surface area contributed by atoms with Crippen LogP contribution in [0.2, 0.25) is 0 Å². The number of ketones is 1. The van der Waals surface area contributed by atoms with Gasteiger partial charge >= 0.3 is 0 Å². The number of hydrogen-bond donors (Lipinski definition) is 3. The molecule has 2 saturated heterocycles. The van der Waals surface area contributed by atoms with Crippen LogP contribution in [0.4, 0.5) is 0 Å². The number of hydrogen-bond acceptors (Lipinski definition) is 6. The lowest BCUT2D eigenvalue weighted by Gasteiger charge is -2.39. The summed E-state index contributed by atoms with van der Waals surface area (Å²) in [6, 6.07) is 4.20. The van der Waals surface area contributed by atoms with E-state index in [1.165, 1.54) is 0 Å². The van der Waals surface area contributed by atoms with Crippen molar-refractivity contribution in [3.05, 3.63) is 36.0 Å². The number of piperidine rings is 1. The molecule has 45 heavy (non-hydrogen) atoms. The van der Waals surface area contributed by atoms with Crippen LogP contribution in [0.5, 0.6) is 0 Å². The van der Waals surface area contributed by atoms with Crippen LogP contribution in [0.25, 0.3) is 10.9 Å².